The fourth-order valence-corrected chi connectivity index (χ4v) is 2.67. The van der Waals surface area contributed by atoms with Crippen molar-refractivity contribution in [3.63, 3.8) is 0 Å². The van der Waals surface area contributed by atoms with E-state index in [1.807, 2.05) is 0 Å². The molecule has 1 saturated carbocycles. The molecule has 0 aromatic heterocycles. The molecule has 1 rings (SSSR count). The van der Waals surface area contributed by atoms with E-state index in [0.717, 1.165) is 25.7 Å². The van der Waals surface area contributed by atoms with E-state index in [4.69, 9.17) is 10.8 Å². The summed E-state index contributed by atoms with van der Waals surface area (Å²) in [5, 5.41) is 8.87. The highest BCUT2D eigenvalue weighted by Gasteiger charge is 2.36. The topological polar surface area (TPSA) is 63.3 Å². The monoisotopic (exact) mass is 199 g/mol. The Morgan fingerprint density at radius 2 is 2.36 bits per heavy atom. The van der Waals surface area contributed by atoms with E-state index in [-0.39, 0.29) is 11.8 Å². The third-order valence-electron chi connectivity index (χ3n) is 3.58. The molecule has 1 fully saturated rings. The van der Waals surface area contributed by atoms with Gasteiger partial charge in [0.25, 0.3) is 0 Å². The Kier molecular flexibility index (Phi) is 3.93. The Hall–Kier alpha value is -0.570. The van der Waals surface area contributed by atoms with Crippen LogP contribution >= 0.6 is 0 Å². The van der Waals surface area contributed by atoms with Crippen LogP contribution in [0.3, 0.4) is 0 Å². The number of carbonyl (C=O) groups is 1. The predicted molar refractivity (Wildman–Crippen MR) is 56.0 cm³/mol. The van der Waals surface area contributed by atoms with Crippen LogP contribution < -0.4 is 5.73 Å². The highest BCUT2D eigenvalue weighted by atomic mass is 16.4. The van der Waals surface area contributed by atoms with Crippen molar-refractivity contribution in [1.82, 2.24) is 0 Å². The number of carboxylic acids is 1. The average Bonchev–Trinajstić information content (AvgIpc) is 2.17. The second-order valence-electron chi connectivity index (χ2n) is 4.65. The first-order valence-electron chi connectivity index (χ1n) is 5.54. The molecule has 0 spiro atoms. The first kappa shape index (κ1) is 11.5. The van der Waals surface area contributed by atoms with Gasteiger partial charge in [-0.3, -0.25) is 4.79 Å². The molecule has 3 nitrogen and oxygen atoms in total. The summed E-state index contributed by atoms with van der Waals surface area (Å²) in [6, 6.07) is 0. The van der Waals surface area contributed by atoms with Gasteiger partial charge in [0.1, 0.15) is 0 Å². The molecular formula is C11H21NO2. The van der Waals surface area contributed by atoms with E-state index in [2.05, 4.69) is 6.92 Å². The van der Waals surface area contributed by atoms with Crippen molar-refractivity contribution in [2.75, 3.05) is 6.54 Å². The number of hydrogen-bond donors (Lipinski definition) is 2. The lowest BCUT2D eigenvalue weighted by Gasteiger charge is -2.39. The minimum absolute atomic E-state index is 0.106. The lowest BCUT2D eigenvalue weighted by Crippen LogP contribution is -2.37. The molecule has 1 aliphatic carbocycles. The van der Waals surface area contributed by atoms with Crippen molar-refractivity contribution in [1.29, 1.82) is 0 Å². The Labute approximate surface area is 85.7 Å². The maximum absolute atomic E-state index is 10.8. The molecular weight excluding hydrogens is 178 g/mol. The van der Waals surface area contributed by atoms with Gasteiger partial charge in [0, 0.05) is 0 Å². The van der Waals surface area contributed by atoms with Crippen LogP contribution in [0.2, 0.25) is 0 Å². The van der Waals surface area contributed by atoms with E-state index in [1.54, 1.807) is 0 Å². The second-order valence-corrected chi connectivity index (χ2v) is 4.65. The quantitative estimate of drug-likeness (QED) is 0.728. The average molecular weight is 199 g/mol. The van der Waals surface area contributed by atoms with Gasteiger partial charge in [-0.25, -0.2) is 0 Å². The molecule has 0 aliphatic heterocycles. The zero-order valence-electron chi connectivity index (χ0n) is 8.96. The molecule has 0 aromatic carbocycles. The lowest BCUT2D eigenvalue weighted by molar-refractivity contribution is -0.140. The maximum atomic E-state index is 10.8. The smallest absolute Gasteiger partial charge is 0.303 e. The number of nitrogens with two attached hydrogens (primary N) is 1. The molecule has 0 amide bonds. The molecule has 3 heteroatoms. The number of carboxylic acid groups (broad SMARTS) is 1. The lowest BCUT2D eigenvalue weighted by atomic mass is 9.67. The van der Waals surface area contributed by atoms with E-state index in [9.17, 15) is 4.79 Å². The van der Waals surface area contributed by atoms with Gasteiger partial charge >= 0.3 is 5.97 Å². The Balaban J connectivity index is 2.62. The standard InChI is InChI=1S/C11H21NO2/c1-2-9-4-3-5-11(6-9,8-12)7-10(13)14/h9H,2-8,12H2,1H3,(H,13,14)/t9-,11+/m1/s1. The molecule has 1 aliphatic rings. The highest BCUT2D eigenvalue weighted by Crippen LogP contribution is 2.42. The molecule has 0 radical (unpaired) electrons. The molecule has 14 heavy (non-hydrogen) atoms. The molecule has 0 unspecified atom stereocenters. The normalized spacial score (nSPS) is 32.9. The van der Waals surface area contributed by atoms with E-state index in [1.165, 1.54) is 6.42 Å². The minimum Gasteiger partial charge on any atom is -0.481 e. The number of hydrogen-bond acceptors (Lipinski definition) is 2. The summed E-state index contributed by atoms with van der Waals surface area (Å²) in [4.78, 5) is 10.8. The van der Waals surface area contributed by atoms with Crippen molar-refractivity contribution in [2.45, 2.75) is 45.4 Å². The fourth-order valence-electron chi connectivity index (χ4n) is 2.67. The zero-order valence-corrected chi connectivity index (χ0v) is 8.96. The van der Waals surface area contributed by atoms with Crippen molar-refractivity contribution in [3.8, 4) is 0 Å². The van der Waals surface area contributed by atoms with Crippen LogP contribution in [0.1, 0.15) is 45.4 Å². The van der Waals surface area contributed by atoms with Crippen molar-refractivity contribution in [3.05, 3.63) is 0 Å². The third kappa shape index (κ3) is 2.71. The SMILES string of the molecule is CC[C@@H]1CCC[C@@](CN)(CC(=O)O)C1. The van der Waals surface area contributed by atoms with Crippen molar-refractivity contribution in [2.24, 2.45) is 17.1 Å². The summed E-state index contributed by atoms with van der Waals surface area (Å²) in [6.07, 6.45) is 5.79. The predicted octanol–water partition coefficient (Wildman–Crippen LogP) is 2.01. The third-order valence-corrected chi connectivity index (χ3v) is 3.58. The summed E-state index contributed by atoms with van der Waals surface area (Å²) in [5.74, 6) is -0.0150. The molecule has 0 saturated heterocycles. The van der Waals surface area contributed by atoms with Gasteiger partial charge in [-0.15, -0.1) is 0 Å². The van der Waals surface area contributed by atoms with Gasteiger partial charge in [0.2, 0.25) is 0 Å². The summed E-state index contributed by atoms with van der Waals surface area (Å²) < 4.78 is 0. The summed E-state index contributed by atoms with van der Waals surface area (Å²) in [7, 11) is 0. The van der Waals surface area contributed by atoms with E-state index >= 15 is 0 Å². The summed E-state index contributed by atoms with van der Waals surface area (Å²) in [6.45, 7) is 2.70. The van der Waals surface area contributed by atoms with Crippen LogP contribution in [0, 0.1) is 11.3 Å². The Morgan fingerprint density at radius 1 is 1.64 bits per heavy atom. The van der Waals surface area contributed by atoms with Gasteiger partial charge in [-0.2, -0.15) is 0 Å². The minimum atomic E-state index is -0.702. The molecule has 82 valence electrons. The highest BCUT2D eigenvalue weighted by molar-refractivity contribution is 5.67. The Morgan fingerprint density at radius 3 is 2.86 bits per heavy atom. The van der Waals surface area contributed by atoms with Gasteiger partial charge < -0.3 is 10.8 Å². The van der Waals surface area contributed by atoms with Crippen LogP contribution in [-0.2, 0) is 4.79 Å². The van der Waals surface area contributed by atoms with Crippen LogP contribution in [0.5, 0.6) is 0 Å². The maximum Gasteiger partial charge on any atom is 0.303 e. The van der Waals surface area contributed by atoms with Gasteiger partial charge in [-0.1, -0.05) is 26.2 Å². The van der Waals surface area contributed by atoms with Crippen LogP contribution in [-0.4, -0.2) is 17.6 Å². The van der Waals surface area contributed by atoms with Crippen molar-refractivity contribution < 1.29 is 9.90 Å². The molecule has 2 atom stereocenters. The molecule has 0 heterocycles. The van der Waals surface area contributed by atoms with Crippen LogP contribution in [0.4, 0.5) is 0 Å². The second kappa shape index (κ2) is 4.78. The van der Waals surface area contributed by atoms with Crippen LogP contribution in [0.15, 0.2) is 0 Å². The molecule has 0 aromatic rings. The Bertz CT molecular complexity index is 205. The van der Waals surface area contributed by atoms with Crippen molar-refractivity contribution >= 4 is 5.97 Å². The number of rotatable bonds is 4. The first-order valence-corrected chi connectivity index (χ1v) is 5.54. The summed E-state index contributed by atoms with van der Waals surface area (Å²) >= 11 is 0. The van der Waals surface area contributed by atoms with Crippen LogP contribution in [0.25, 0.3) is 0 Å². The fraction of sp³-hybridized carbons (Fsp3) is 0.909. The van der Waals surface area contributed by atoms with Gasteiger partial charge in [0.15, 0.2) is 0 Å². The van der Waals surface area contributed by atoms with E-state index < -0.39 is 5.97 Å². The zero-order chi connectivity index (χ0) is 10.6. The number of aliphatic carboxylic acids is 1. The summed E-state index contributed by atoms with van der Waals surface area (Å²) in [5.41, 5.74) is 5.63. The van der Waals surface area contributed by atoms with E-state index in [0.29, 0.717) is 12.5 Å². The molecule has 0 bridgehead atoms. The largest absolute Gasteiger partial charge is 0.481 e. The van der Waals surface area contributed by atoms with Gasteiger partial charge in [0.05, 0.1) is 6.42 Å². The van der Waals surface area contributed by atoms with Gasteiger partial charge in [-0.05, 0) is 30.7 Å². The first-order chi connectivity index (χ1) is 6.62. The molecule has 3 N–H and O–H groups in total.